The van der Waals surface area contributed by atoms with E-state index < -0.39 is 15.4 Å². The minimum Gasteiger partial charge on any atom is -0.299 e. The Morgan fingerprint density at radius 2 is 1.86 bits per heavy atom. The third-order valence-corrected chi connectivity index (χ3v) is 8.55. The van der Waals surface area contributed by atoms with Crippen molar-refractivity contribution in [3.63, 3.8) is 0 Å². The molecule has 3 rings (SSSR count). The molecule has 3 aliphatic carbocycles. The molecular weight excluding hydrogens is 298 g/mol. The predicted molar refractivity (Wildman–Crippen MR) is 86.9 cm³/mol. The standard InChI is InChI=1S/C17H29NO3S/c1-12-6-4-5-7-14(12)18-22(20,21)11-17-9-8-13(10-15(17)19)16(17,2)3/h12-14,18H,4-11H2,1-3H3/t12-,13+,14-,17+/m1/s1. The van der Waals surface area contributed by atoms with E-state index in [9.17, 15) is 13.2 Å². The molecule has 22 heavy (non-hydrogen) atoms. The van der Waals surface area contributed by atoms with E-state index in [4.69, 9.17) is 0 Å². The molecule has 0 spiro atoms. The first-order valence-corrected chi connectivity index (χ1v) is 10.4. The van der Waals surface area contributed by atoms with E-state index in [1.807, 2.05) is 0 Å². The normalized spacial score (nSPS) is 41.0. The van der Waals surface area contributed by atoms with E-state index in [2.05, 4.69) is 25.5 Å². The maximum atomic E-state index is 12.8. The Morgan fingerprint density at radius 3 is 2.41 bits per heavy atom. The van der Waals surface area contributed by atoms with Gasteiger partial charge in [0.05, 0.1) is 5.75 Å². The molecule has 3 aliphatic rings. The minimum absolute atomic E-state index is 0.00838. The Labute approximate surface area is 134 Å². The molecule has 4 nitrogen and oxygen atoms in total. The smallest absolute Gasteiger partial charge is 0.212 e. The summed E-state index contributed by atoms with van der Waals surface area (Å²) in [6.45, 7) is 6.31. The summed E-state index contributed by atoms with van der Waals surface area (Å²) in [6.07, 6.45) is 6.60. The molecule has 126 valence electrons. The number of fused-ring (bicyclic) bond motifs is 2. The lowest BCUT2D eigenvalue weighted by Gasteiger charge is -2.37. The number of carbonyl (C=O) groups is 1. The zero-order valence-electron chi connectivity index (χ0n) is 14.0. The van der Waals surface area contributed by atoms with Crippen molar-refractivity contribution >= 4 is 15.8 Å². The van der Waals surface area contributed by atoms with Crippen LogP contribution in [0.5, 0.6) is 0 Å². The molecule has 3 saturated carbocycles. The lowest BCUT2D eigenvalue weighted by molar-refractivity contribution is -0.128. The van der Waals surface area contributed by atoms with E-state index >= 15 is 0 Å². The van der Waals surface area contributed by atoms with Gasteiger partial charge in [-0.25, -0.2) is 13.1 Å². The van der Waals surface area contributed by atoms with Crippen LogP contribution in [-0.2, 0) is 14.8 Å². The van der Waals surface area contributed by atoms with Crippen molar-refractivity contribution in [1.82, 2.24) is 4.72 Å². The summed E-state index contributed by atoms with van der Waals surface area (Å²) in [7, 11) is -3.42. The summed E-state index contributed by atoms with van der Waals surface area (Å²) in [6, 6.07) is 0.0481. The van der Waals surface area contributed by atoms with Crippen LogP contribution in [0.15, 0.2) is 0 Å². The molecule has 0 radical (unpaired) electrons. The number of carbonyl (C=O) groups excluding carboxylic acids is 1. The van der Waals surface area contributed by atoms with Gasteiger partial charge in [-0.2, -0.15) is 0 Å². The fraction of sp³-hybridized carbons (Fsp3) is 0.941. The fourth-order valence-electron chi connectivity index (χ4n) is 5.20. The molecule has 3 fully saturated rings. The number of sulfonamides is 1. The van der Waals surface area contributed by atoms with Crippen LogP contribution in [0.1, 0.15) is 65.7 Å². The second-order valence-electron chi connectivity index (χ2n) is 8.41. The van der Waals surface area contributed by atoms with Gasteiger partial charge in [0.25, 0.3) is 0 Å². The van der Waals surface area contributed by atoms with Crippen LogP contribution in [0.2, 0.25) is 0 Å². The predicted octanol–water partition coefficient (Wildman–Crippen LogP) is 2.88. The Hall–Kier alpha value is -0.420. The first kappa shape index (κ1) is 16.4. The van der Waals surface area contributed by atoms with Crippen LogP contribution in [-0.4, -0.2) is 26.0 Å². The molecule has 0 saturated heterocycles. The molecule has 5 heteroatoms. The lowest BCUT2D eigenvalue weighted by Crippen LogP contribution is -2.49. The highest BCUT2D eigenvalue weighted by Gasteiger charge is 2.65. The summed E-state index contributed by atoms with van der Waals surface area (Å²) in [5.41, 5.74) is -0.835. The van der Waals surface area contributed by atoms with Crippen LogP contribution in [0.25, 0.3) is 0 Å². The van der Waals surface area contributed by atoms with Gasteiger partial charge in [0.2, 0.25) is 10.0 Å². The average molecular weight is 327 g/mol. The topological polar surface area (TPSA) is 63.2 Å². The van der Waals surface area contributed by atoms with Gasteiger partial charge in [-0.15, -0.1) is 0 Å². The van der Waals surface area contributed by atoms with Crippen molar-refractivity contribution in [2.24, 2.45) is 22.7 Å². The number of hydrogen-bond acceptors (Lipinski definition) is 3. The lowest BCUT2D eigenvalue weighted by atomic mass is 9.70. The van der Waals surface area contributed by atoms with Gasteiger partial charge in [-0.05, 0) is 42.9 Å². The second-order valence-corrected chi connectivity index (χ2v) is 10.2. The maximum absolute atomic E-state index is 12.8. The third kappa shape index (κ3) is 2.44. The Kier molecular flexibility index (Phi) is 3.96. The highest BCUT2D eigenvalue weighted by Crippen LogP contribution is 2.64. The van der Waals surface area contributed by atoms with Gasteiger partial charge in [0.15, 0.2) is 0 Å². The van der Waals surface area contributed by atoms with Crippen LogP contribution in [0.3, 0.4) is 0 Å². The van der Waals surface area contributed by atoms with Crippen LogP contribution >= 0.6 is 0 Å². The van der Waals surface area contributed by atoms with Crippen molar-refractivity contribution in [2.75, 3.05) is 5.75 Å². The van der Waals surface area contributed by atoms with Gasteiger partial charge in [0.1, 0.15) is 5.78 Å². The van der Waals surface area contributed by atoms with E-state index in [1.54, 1.807) is 0 Å². The first-order valence-electron chi connectivity index (χ1n) is 8.71. The Balaban J connectivity index is 1.78. The summed E-state index contributed by atoms with van der Waals surface area (Å²) in [4.78, 5) is 12.5. The molecule has 1 N–H and O–H groups in total. The molecule has 0 aromatic heterocycles. The average Bonchev–Trinajstić information content (AvgIpc) is 2.74. The molecule has 2 bridgehead atoms. The zero-order valence-corrected chi connectivity index (χ0v) is 14.8. The molecule has 0 aromatic carbocycles. The maximum Gasteiger partial charge on any atom is 0.212 e. The Morgan fingerprint density at radius 1 is 1.18 bits per heavy atom. The molecule has 0 heterocycles. The molecule has 0 amide bonds. The quantitative estimate of drug-likeness (QED) is 0.863. The minimum atomic E-state index is -3.42. The summed E-state index contributed by atoms with van der Waals surface area (Å²) in [5, 5.41) is 0. The largest absolute Gasteiger partial charge is 0.299 e. The molecule has 0 aromatic rings. The van der Waals surface area contributed by atoms with E-state index in [1.165, 1.54) is 6.42 Å². The van der Waals surface area contributed by atoms with Crippen molar-refractivity contribution in [3.05, 3.63) is 0 Å². The number of Topliss-reactive ketones (excluding diaryl/α,β-unsaturated/α-hetero) is 1. The highest BCUT2D eigenvalue weighted by molar-refractivity contribution is 7.89. The van der Waals surface area contributed by atoms with Crippen molar-refractivity contribution in [1.29, 1.82) is 0 Å². The number of ketones is 1. The van der Waals surface area contributed by atoms with Crippen LogP contribution in [0.4, 0.5) is 0 Å². The second kappa shape index (κ2) is 5.30. The fourth-order valence-corrected chi connectivity index (χ4v) is 7.42. The Bertz CT molecular complexity index is 568. The SMILES string of the molecule is C[C@@H]1CCCC[C@H]1NS(=O)(=O)C[C@@]12CC[C@@H](CC1=O)C2(C)C. The molecule has 0 unspecified atom stereocenters. The molecule has 4 atom stereocenters. The number of hydrogen-bond donors (Lipinski definition) is 1. The summed E-state index contributed by atoms with van der Waals surface area (Å²) >= 11 is 0. The van der Waals surface area contributed by atoms with Gasteiger partial charge in [-0.3, -0.25) is 4.79 Å². The summed E-state index contributed by atoms with van der Waals surface area (Å²) in [5.74, 6) is 0.926. The van der Waals surface area contributed by atoms with E-state index in [0.29, 0.717) is 18.3 Å². The zero-order chi connectivity index (χ0) is 16.2. The van der Waals surface area contributed by atoms with Gasteiger partial charge < -0.3 is 0 Å². The molecular formula is C17H29NO3S. The van der Waals surface area contributed by atoms with Gasteiger partial charge in [-0.1, -0.05) is 33.6 Å². The molecule has 0 aliphatic heterocycles. The van der Waals surface area contributed by atoms with E-state index in [-0.39, 0.29) is 23.0 Å². The number of nitrogens with one attached hydrogen (secondary N) is 1. The van der Waals surface area contributed by atoms with Crippen LogP contribution < -0.4 is 4.72 Å². The summed E-state index contributed by atoms with van der Waals surface area (Å²) < 4.78 is 28.4. The highest BCUT2D eigenvalue weighted by atomic mass is 32.2. The number of rotatable bonds is 4. The van der Waals surface area contributed by atoms with Gasteiger partial charge in [0, 0.05) is 17.9 Å². The third-order valence-electron chi connectivity index (χ3n) is 7.02. The van der Waals surface area contributed by atoms with E-state index in [0.717, 1.165) is 32.1 Å². The van der Waals surface area contributed by atoms with Crippen molar-refractivity contribution in [3.8, 4) is 0 Å². The van der Waals surface area contributed by atoms with Crippen molar-refractivity contribution < 1.29 is 13.2 Å². The first-order chi connectivity index (χ1) is 10.2. The van der Waals surface area contributed by atoms with Crippen molar-refractivity contribution in [2.45, 2.75) is 71.8 Å². The van der Waals surface area contributed by atoms with Crippen LogP contribution in [0, 0.1) is 22.7 Å². The van der Waals surface area contributed by atoms with Gasteiger partial charge >= 0.3 is 0 Å². The monoisotopic (exact) mass is 327 g/mol.